The smallest absolute Gasteiger partial charge is 0.264 e. The van der Waals surface area contributed by atoms with E-state index < -0.39 is 26.6 Å². The van der Waals surface area contributed by atoms with Gasteiger partial charge >= 0.3 is 0 Å². The number of piperidine rings is 1. The molecule has 1 aliphatic heterocycles. The molecule has 210 valence electrons. The molecule has 1 saturated heterocycles. The number of methoxy groups -OCH3 is 1. The number of aryl methyl sites for hydroxylation is 1. The van der Waals surface area contributed by atoms with Crippen LogP contribution in [0.1, 0.15) is 18.5 Å². The van der Waals surface area contributed by atoms with Crippen molar-refractivity contribution in [3.8, 4) is 22.8 Å². The zero-order valence-corrected chi connectivity index (χ0v) is 22.9. The van der Waals surface area contributed by atoms with Gasteiger partial charge in [-0.15, -0.1) is 0 Å². The highest BCUT2D eigenvalue weighted by Crippen LogP contribution is 2.37. The van der Waals surface area contributed by atoms with E-state index in [1.165, 1.54) is 19.4 Å². The summed E-state index contributed by atoms with van der Waals surface area (Å²) in [5.74, 6) is -1.51. The quantitative estimate of drug-likeness (QED) is 0.336. The highest BCUT2D eigenvalue weighted by atomic mass is 32.2. The standard InChI is InChI=1S/C27H28F2N6O4S/c1-15-20-10-16(12-23(25(20)33-27(30)32-15)39-19-6-8-35(2)9-7-19)17-11-22(26(38-3)31-14-17)34-40(36,37)24-5-4-18(28)13-21(24)29/h4-5,10-14,19,34H,6-9H2,1-3H3,(H2,30,32,33). The average molecular weight is 571 g/mol. The summed E-state index contributed by atoms with van der Waals surface area (Å²) in [5, 5.41) is 0.709. The first-order valence-electron chi connectivity index (χ1n) is 12.5. The second-order valence-electron chi connectivity index (χ2n) is 9.62. The van der Waals surface area contributed by atoms with Gasteiger partial charge in [-0.2, -0.15) is 0 Å². The van der Waals surface area contributed by atoms with Crippen LogP contribution in [0.2, 0.25) is 0 Å². The predicted octanol–water partition coefficient (Wildman–Crippen LogP) is 4.14. The predicted molar refractivity (Wildman–Crippen MR) is 147 cm³/mol. The van der Waals surface area contributed by atoms with Crippen LogP contribution in [0.3, 0.4) is 0 Å². The van der Waals surface area contributed by atoms with Crippen molar-refractivity contribution in [1.29, 1.82) is 0 Å². The largest absolute Gasteiger partial charge is 0.488 e. The van der Waals surface area contributed by atoms with Gasteiger partial charge in [-0.05, 0) is 62.7 Å². The zero-order chi connectivity index (χ0) is 28.6. The van der Waals surface area contributed by atoms with Gasteiger partial charge in [-0.25, -0.2) is 32.2 Å². The summed E-state index contributed by atoms with van der Waals surface area (Å²) in [5.41, 5.74) is 8.30. The van der Waals surface area contributed by atoms with Crippen LogP contribution in [0, 0.1) is 18.6 Å². The van der Waals surface area contributed by atoms with Crippen molar-refractivity contribution in [1.82, 2.24) is 19.9 Å². The lowest BCUT2D eigenvalue weighted by Crippen LogP contribution is -2.35. The number of halogens is 2. The number of nitrogen functional groups attached to an aromatic ring is 1. The number of ether oxygens (including phenoxy) is 2. The summed E-state index contributed by atoms with van der Waals surface area (Å²) in [4.78, 5) is 14.5. The number of rotatable bonds is 7. The van der Waals surface area contributed by atoms with Crippen molar-refractivity contribution in [3.05, 3.63) is 59.9 Å². The van der Waals surface area contributed by atoms with E-state index in [9.17, 15) is 17.2 Å². The minimum atomic E-state index is -4.44. The molecule has 5 rings (SSSR count). The second-order valence-corrected chi connectivity index (χ2v) is 11.3. The Kier molecular flexibility index (Phi) is 7.43. The van der Waals surface area contributed by atoms with Crippen LogP contribution >= 0.6 is 0 Å². The Morgan fingerprint density at radius 3 is 2.52 bits per heavy atom. The molecule has 1 fully saturated rings. The fourth-order valence-electron chi connectivity index (χ4n) is 4.65. The minimum absolute atomic E-state index is 0.0203. The molecule has 0 unspecified atom stereocenters. The Balaban J connectivity index is 1.57. The fourth-order valence-corrected chi connectivity index (χ4v) is 5.76. The van der Waals surface area contributed by atoms with Gasteiger partial charge in [0.05, 0.1) is 12.8 Å². The lowest BCUT2D eigenvalue weighted by molar-refractivity contribution is 0.115. The summed E-state index contributed by atoms with van der Waals surface area (Å²) in [6.07, 6.45) is 3.19. The molecule has 3 heterocycles. The van der Waals surface area contributed by atoms with E-state index in [1.807, 2.05) is 13.0 Å². The van der Waals surface area contributed by atoms with Gasteiger partial charge in [0.25, 0.3) is 10.0 Å². The number of nitrogens with one attached hydrogen (secondary N) is 1. The molecule has 2 aromatic carbocycles. The van der Waals surface area contributed by atoms with E-state index in [1.54, 1.807) is 6.07 Å². The molecule has 0 atom stereocenters. The monoisotopic (exact) mass is 570 g/mol. The van der Waals surface area contributed by atoms with Crippen molar-refractivity contribution in [3.63, 3.8) is 0 Å². The number of anilines is 2. The van der Waals surface area contributed by atoms with Crippen molar-refractivity contribution in [2.45, 2.75) is 30.8 Å². The van der Waals surface area contributed by atoms with Crippen LogP contribution in [0.15, 0.2) is 47.5 Å². The topological polar surface area (TPSA) is 133 Å². The fraction of sp³-hybridized carbons (Fsp3) is 0.296. The lowest BCUT2D eigenvalue weighted by atomic mass is 10.0. The number of likely N-dealkylation sites (tertiary alicyclic amines) is 1. The second kappa shape index (κ2) is 10.8. The number of nitrogens with two attached hydrogens (primary N) is 1. The first-order chi connectivity index (χ1) is 19.0. The zero-order valence-electron chi connectivity index (χ0n) is 22.1. The van der Waals surface area contributed by atoms with Crippen molar-refractivity contribution < 1.29 is 26.7 Å². The van der Waals surface area contributed by atoms with Gasteiger partial charge in [0, 0.05) is 36.3 Å². The number of nitrogens with zero attached hydrogens (tertiary/aromatic N) is 4. The molecule has 0 bridgehead atoms. The summed E-state index contributed by atoms with van der Waals surface area (Å²) in [6, 6.07) is 7.36. The van der Waals surface area contributed by atoms with Crippen LogP contribution < -0.4 is 19.9 Å². The molecular formula is C27H28F2N6O4S. The first-order valence-corrected chi connectivity index (χ1v) is 14.0. The van der Waals surface area contributed by atoms with E-state index in [-0.39, 0.29) is 23.6 Å². The lowest BCUT2D eigenvalue weighted by Gasteiger charge is -2.29. The third kappa shape index (κ3) is 5.61. The molecule has 1 aliphatic rings. The summed E-state index contributed by atoms with van der Waals surface area (Å²) in [6.45, 7) is 3.62. The summed E-state index contributed by atoms with van der Waals surface area (Å²) < 4.78 is 67.6. The van der Waals surface area contributed by atoms with Crippen LogP contribution in [0.25, 0.3) is 22.0 Å². The first kappa shape index (κ1) is 27.5. The van der Waals surface area contributed by atoms with Gasteiger partial charge in [0.15, 0.2) is 0 Å². The molecule has 13 heteroatoms. The number of hydrogen-bond donors (Lipinski definition) is 2. The summed E-state index contributed by atoms with van der Waals surface area (Å²) in [7, 11) is -1.05. The van der Waals surface area contributed by atoms with Crippen LogP contribution in [-0.4, -0.2) is 61.6 Å². The highest BCUT2D eigenvalue weighted by molar-refractivity contribution is 7.92. The number of sulfonamides is 1. The molecule has 0 spiro atoms. The van der Waals surface area contributed by atoms with Crippen molar-refractivity contribution >= 4 is 32.6 Å². The molecule has 10 nitrogen and oxygen atoms in total. The van der Waals surface area contributed by atoms with Crippen molar-refractivity contribution in [2.75, 3.05) is 37.7 Å². The minimum Gasteiger partial charge on any atom is -0.488 e. The van der Waals surface area contributed by atoms with Crippen LogP contribution in [0.5, 0.6) is 11.6 Å². The van der Waals surface area contributed by atoms with Crippen molar-refractivity contribution in [2.24, 2.45) is 0 Å². The molecule has 4 aromatic rings. The van der Waals surface area contributed by atoms with E-state index in [2.05, 4.69) is 31.6 Å². The third-order valence-electron chi connectivity index (χ3n) is 6.74. The molecule has 0 aliphatic carbocycles. The number of fused-ring (bicyclic) bond motifs is 1. The Hall–Kier alpha value is -4.10. The molecule has 0 radical (unpaired) electrons. The highest BCUT2D eigenvalue weighted by Gasteiger charge is 2.24. The Morgan fingerprint density at radius 1 is 1.07 bits per heavy atom. The summed E-state index contributed by atoms with van der Waals surface area (Å²) >= 11 is 0. The van der Waals surface area contributed by atoms with E-state index in [0.29, 0.717) is 39.5 Å². The number of pyridine rings is 1. The molecule has 0 saturated carbocycles. The SMILES string of the molecule is COc1ncc(-c2cc(OC3CCN(C)CC3)c3nc(N)nc(C)c3c2)cc1NS(=O)(=O)c1ccc(F)cc1F. The number of benzene rings is 2. The van der Waals surface area contributed by atoms with Gasteiger partial charge in [-0.1, -0.05) is 0 Å². The Morgan fingerprint density at radius 2 is 1.82 bits per heavy atom. The van der Waals surface area contributed by atoms with Crippen LogP contribution in [0.4, 0.5) is 20.4 Å². The Labute approximate surface area is 230 Å². The van der Waals surface area contributed by atoms with E-state index >= 15 is 0 Å². The third-order valence-corrected chi connectivity index (χ3v) is 8.14. The molecular weight excluding hydrogens is 542 g/mol. The average Bonchev–Trinajstić information content (AvgIpc) is 2.89. The van der Waals surface area contributed by atoms with Gasteiger partial charge in [-0.3, -0.25) is 4.72 Å². The number of aromatic nitrogens is 3. The number of hydrogen-bond acceptors (Lipinski definition) is 9. The normalized spacial score (nSPS) is 14.8. The van der Waals surface area contributed by atoms with Gasteiger partial charge in [0.2, 0.25) is 11.8 Å². The molecule has 2 aromatic heterocycles. The van der Waals surface area contributed by atoms with Gasteiger partial charge in [0.1, 0.15) is 39.6 Å². The van der Waals surface area contributed by atoms with Gasteiger partial charge < -0.3 is 20.1 Å². The molecule has 0 amide bonds. The maximum atomic E-state index is 14.3. The van der Waals surface area contributed by atoms with Crippen LogP contribution in [-0.2, 0) is 10.0 Å². The Bertz CT molecular complexity index is 1690. The molecule has 40 heavy (non-hydrogen) atoms. The molecule has 3 N–H and O–H groups in total. The van der Waals surface area contributed by atoms with E-state index in [0.717, 1.165) is 38.1 Å². The van der Waals surface area contributed by atoms with E-state index in [4.69, 9.17) is 15.2 Å². The maximum absolute atomic E-state index is 14.3. The maximum Gasteiger partial charge on any atom is 0.264 e.